The van der Waals surface area contributed by atoms with Crippen molar-refractivity contribution in [2.24, 2.45) is 5.73 Å². The number of halogens is 1. The quantitative estimate of drug-likeness (QED) is 0.599. The predicted molar refractivity (Wildman–Crippen MR) is 130 cm³/mol. The van der Waals surface area contributed by atoms with Crippen LogP contribution in [0, 0.1) is 0 Å². The molecule has 0 radical (unpaired) electrons. The summed E-state index contributed by atoms with van der Waals surface area (Å²) < 4.78 is 2.01. The molecule has 6 nitrogen and oxygen atoms in total. The Labute approximate surface area is 190 Å². The van der Waals surface area contributed by atoms with E-state index in [0.717, 1.165) is 11.4 Å². The fourth-order valence-electron chi connectivity index (χ4n) is 3.18. The van der Waals surface area contributed by atoms with Crippen molar-refractivity contribution in [2.45, 2.75) is 47.2 Å². The number of carbonyl (C=O) groups excluding carboxylic acids is 2. The zero-order valence-electron chi connectivity index (χ0n) is 18.8. The number of benzene rings is 1. The van der Waals surface area contributed by atoms with Gasteiger partial charge in [-0.2, -0.15) is 0 Å². The lowest BCUT2D eigenvalue weighted by Crippen LogP contribution is -2.41. The van der Waals surface area contributed by atoms with Gasteiger partial charge in [0.15, 0.2) is 0 Å². The summed E-state index contributed by atoms with van der Waals surface area (Å²) in [6.45, 7) is 12.6. The molecule has 0 unspecified atom stereocenters. The number of rotatable bonds is 4. The van der Waals surface area contributed by atoms with Crippen molar-refractivity contribution in [3.05, 3.63) is 77.1 Å². The molecule has 0 fully saturated rings. The first-order chi connectivity index (χ1) is 14.9. The van der Waals surface area contributed by atoms with Gasteiger partial charge in [0.25, 0.3) is 5.91 Å². The Bertz CT molecular complexity index is 904. The molecule has 1 aliphatic rings. The summed E-state index contributed by atoms with van der Waals surface area (Å²) in [5.74, 6) is -0.573. The molecule has 0 bridgehead atoms. The number of nitrogens with two attached hydrogens (primary N) is 1. The normalized spacial score (nSPS) is 12.1. The Morgan fingerprint density at radius 1 is 1.19 bits per heavy atom. The molecule has 0 saturated heterocycles. The van der Waals surface area contributed by atoms with E-state index in [2.05, 4.69) is 11.9 Å². The van der Waals surface area contributed by atoms with Crippen LogP contribution in [0.2, 0.25) is 5.02 Å². The van der Waals surface area contributed by atoms with E-state index in [9.17, 15) is 9.59 Å². The number of primary amides is 1. The van der Waals surface area contributed by atoms with Gasteiger partial charge in [-0.05, 0) is 26.0 Å². The molecule has 0 spiro atoms. The number of carbonyl (C=O) groups is 2. The number of hydrogen-bond acceptors (Lipinski definition) is 2. The van der Waals surface area contributed by atoms with E-state index in [1.807, 2.05) is 74.7 Å². The summed E-state index contributed by atoms with van der Waals surface area (Å²) in [5, 5.41) is 3.25. The van der Waals surface area contributed by atoms with Gasteiger partial charge in [0.1, 0.15) is 0 Å². The summed E-state index contributed by atoms with van der Waals surface area (Å²) in [5.41, 5.74) is 8.13. The number of anilines is 1. The third kappa shape index (κ3) is 6.76. The zero-order valence-corrected chi connectivity index (χ0v) is 19.6. The van der Waals surface area contributed by atoms with Crippen molar-refractivity contribution < 1.29 is 9.59 Å². The van der Waals surface area contributed by atoms with E-state index in [0.29, 0.717) is 35.8 Å². The van der Waals surface area contributed by atoms with Crippen LogP contribution in [0.5, 0.6) is 0 Å². The third-order valence-corrected chi connectivity index (χ3v) is 4.86. The van der Waals surface area contributed by atoms with Crippen molar-refractivity contribution in [1.82, 2.24) is 9.47 Å². The summed E-state index contributed by atoms with van der Waals surface area (Å²) in [6, 6.07) is 9.03. The lowest BCUT2D eigenvalue weighted by molar-refractivity contribution is 0.0997. The highest BCUT2D eigenvalue weighted by molar-refractivity contribution is 6.34. The number of urea groups is 1. The Kier molecular flexibility index (Phi) is 11.2. The minimum absolute atomic E-state index is 0.217. The van der Waals surface area contributed by atoms with Crippen molar-refractivity contribution in [3.63, 3.8) is 0 Å². The van der Waals surface area contributed by atoms with Gasteiger partial charge in [-0.3, -0.25) is 4.79 Å². The molecule has 7 heteroatoms. The van der Waals surface area contributed by atoms with Crippen LogP contribution in [-0.4, -0.2) is 28.0 Å². The molecule has 0 atom stereocenters. The summed E-state index contributed by atoms with van der Waals surface area (Å²) in [6.07, 6.45) is 6.28. The molecule has 3 amide bonds. The SMILES string of the molecule is C/C=C\Cc1c(Cl)c(C(N)=O)c2n1CCN(C(=O)Nc1ccccc1)C2.C=CC.CC. The van der Waals surface area contributed by atoms with Crippen molar-refractivity contribution >= 4 is 29.2 Å². The summed E-state index contributed by atoms with van der Waals surface area (Å²) in [7, 11) is 0. The predicted octanol–water partition coefficient (Wildman–Crippen LogP) is 5.63. The standard InChI is InChI=1S/C19H21ClN4O2.C3H6.C2H6/c1-2-3-9-14-17(20)16(18(21)25)15-12-23(10-11-24(14)15)19(26)22-13-7-5-4-6-8-13;1-3-2;1-2/h2-8H,9-12H2,1H3,(H2,21,25)(H,22,26);3H,1H2,2H3;1-2H3/b3-2-;;. The van der Waals surface area contributed by atoms with E-state index >= 15 is 0 Å². The molecule has 3 rings (SSSR count). The largest absolute Gasteiger partial charge is 0.365 e. The molecule has 1 aromatic carbocycles. The second-order valence-corrected chi connectivity index (χ2v) is 6.88. The second kappa shape index (κ2) is 13.3. The second-order valence-electron chi connectivity index (χ2n) is 6.50. The lowest BCUT2D eigenvalue weighted by Gasteiger charge is -2.30. The van der Waals surface area contributed by atoms with Crippen LogP contribution in [-0.2, 0) is 19.5 Å². The molecule has 0 aliphatic carbocycles. The Hall–Kier alpha value is -2.99. The smallest absolute Gasteiger partial charge is 0.322 e. The molecule has 2 aromatic rings. The Balaban J connectivity index is 0.000000884. The number of para-hydroxylation sites is 1. The Morgan fingerprint density at radius 3 is 2.35 bits per heavy atom. The molecule has 1 aromatic heterocycles. The first-order valence-corrected chi connectivity index (χ1v) is 10.8. The van der Waals surface area contributed by atoms with Gasteiger partial charge in [0.05, 0.1) is 22.8 Å². The number of nitrogens with zero attached hydrogens (tertiary/aromatic N) is 2. The van der Waals surface area contributed by atoms with Crippen LogP contribution < -0.4 is 11.1 Å². The number of amides is 3. The molecular formula is C24H33ClN4O2. The fourth-order valence-corrected chi connectivity index (χ4v) is 3.56. The van der Waals surface area contributed by atoms with E-state index in [1.54, 1.807) is 11.0 Å². The number of allylic oxidation sites excluding steroid dienone is 3. The monoisotopic (exact) mass is 444 g/mol. The van der Waals surface area contributed by atoms with E-state index in [-0.39, 0.29) is 12.6 Å². The third-order valence-electron chi connectivity index (χ3n) is 4.45. The average Bonchev–Trinajstić information content (AvgIpc) is 3.05. The van der Waals surface area contributed by atoms with Gasteiger partial charge in [0.2, 0.25) is 0 Å². The molecule has 168 valence electrons. The van der Waals surface area contributed by atoms with E-state index in [4.69, 9.17) is 17.3 Å². The van der Waals surface area contributed by atoms with E-state index in [1.165, 1.54) is 0 Å². The van der Waals surface area contributed by atoms with Gasteiger partial charge in [-0.25, -0.2) is 4.79 Å². The minimum atomic E-state index is -0.573. The molecule has 31 heavy (non-hydrogen) atoms. The zero-order chi connectivity index (χ0) is 23.4. The van der Waals surface area contributed by atoms with Gasteiger partial charge < -0.3 is 20.5 Å². The number of hydrogen-bond donors (Lipinski definition) is 2. The highest BCUT2D eigenvalue weighted by Gasteiger charge is 2.30. The fraction of sp³-hybridized carbons (Fsp3) is 0.333. The number of fused-ring (bicyclic) bond motifs is 1. The van der Waals surface area contributed by atoms with Crippen LogP contribution in [0.25, 0.3) is 0 Å². The molecule has 2 heterocycles. The maximum absolute atomic E-state index is 12.6. The average molecular weight is 445 g/mol. The van der Waals surface area contributed by atoms with Crippen molar-refractivity contribution in [1.29, 1.82) is 0 Å². The molecular weight excluding hydrogens is 412 g/mol. The number of aromatic nitrogens is 1. The minimum Gasteiger partial charge on any atom is -0.365 e. The topological polar surface area (TPSA) is 80.4 Å². The Morgan fingerprint density at radius 2 is 1.81 bits per heavy atom. The molecule has 3 N–H and O–H groups in total. The first kappa shape index (κ1) is 26.0. The van der Waals surface area contributed by atoms with Gasteiger partial charge in [-0.15, -0.1) is 6.58 Å². The van der Waals surface area contributed by atoms with Crippen LogP contribution in [0.1, 0.15) is 49.4 Å². The van der Waals surface area contributed by atoms with Gasteiger partial charge >= 0.3 is 6.03 Å². The maximum atomic E-state index is 12.6. The summed E-state index contributed by atoms with van der Waals surface area (Å²) >= 11 is 6.43. The van der Waals surface area contributed by atoms with E-state index < -0.39 is 5.91 Å². The van der Waals surface area contributed by atoms with Gasteiger partial charge in [0, 0.05) is 30.9 Å². The van der Waals surface area contributed by atoms with Gasteiger partial charge in [-0.1, -0.05) is 61.9 Å². The highest BCUT2D eigenvalue weighted by atomic mass is 35.5. The van der Waals surface area contributed by atoms with Crippen molar-refractivity contribution in [3.8, 4) is 0 Å². The highest BCUT2D eigenvalue weighted by Crippen LogP contribution is 2.32. The molecule has 0 saturated carbocycles. The summed E-state index contributed by atoms with van der Waals surface area (Å²) in [4.78, 5) is 26.2. The first-order valence-electron chi connectivity index (χ1n) is 10.4. The van der Waals surface area contributed by atoms with Crippen LogP contribution in [0.15, 0.2) is 55.1 Å². The molecule has 1 aliphatic heterocycles. The lowest BCUT2D eigenvalue weighted by atomic mass is 10.2. The number of nitrogens with one attached hydrogen (secondary N) is 1. The van der Waals surface area contributed by atoms with Crippen molar-refractivity contribution in [2.75, 3.05) is 11.9 Å². The van der Waals surface area contributed by atoms with Crippen LogP contribution >= 0.6 is 11.6 Å². The van der Waals surface area contributed by atoms with Crippen LogP contribution in [0.4, 0.5) is 10.5 Å². The maximum Gasteiger partial charge on any atom is 0.322 e. The van der Waals surface area contributed by atoms with Crippen LogP contribution in [0.3, 0.4) is 0 Å².